The largest absolute Gasteiger partial charge is 0.493 e. The van der Waals surface area contributed by atoms with Crippen LogP contribution in [0.3, 0.4) is 0 Å². The number of methoxy groups -OCH3 is 2. The topological polar surface area (TPSA) is 166 Å². The van der Waals surface area contributed by atoms with E-state index in [0.29, 0.717) is 40.7 Å². The highest BCUT2D eigenvalue weighted by Gasteiger charge is 2.19. The van der Waals surface area contributed by atoms with Crippen molar-refractivity contribution < 1.29 is 23.8 Å². The first kappa shape index (κ1) is 27.8. The summed E-state index contributed by atoms with van der Waals surface area (Å²) in [6, 6.07) is 13.3. The predicted molar refractivity (Wildman–Crippen MR) is 138 cm³/mol. The molecule has 0 aliphatic carbocycles. The molecule has 0 spiro atoms. The van der Waals surface area contributed by atoms with E-state index in [1.165, 1.54) is 6.08 Å². The summed E-state index contributed by atoms with van der Waals surface area (Å²) in [6.45, 7) is 3.74. The number of nitrogen functional groups attached to an aromatic ring is 1. The van der Waals surface area contributed by atoms with Gasteiger partial charge in [0.05, 0.1) is 25.6 Å². The molecule has 0 aliphatic rings. The molecule has 0 aliphatic heterocycles. The minimum Gasteiger partial charge on any atom is -0.493 e. The van der Waals surface area contributed by atoms with E-state index in [1.807, 2.05) is 26.0 Å². The number of carbonyl (C=O) groups is 2. The van der Waals surface area contributed by atoms with Gasteiger partial charge in [-0.2, -0.15) is 0 Å². The Morgan fingerprint density at radius 1 is 1.00 bits per heavy atom. The van der Waals surface area contributed by atoms with Crippen molar-refractivity contribution in [1.82, 2.24) is 9.97 Å². The molecular formula is C26H31N5O5. The third-order valence-electron chi connectivity index (χ3n) is 4.87. The predicted octanol–water partition coefficient (Wildman–Crippen LogP) is 2.82. The van der Waals surface area contributed by atoms with Crippen LogP contribution in [0.1, 0.15) is 19.7 Å². The monoisotopic (exact) mass is 493 g/mol. The molecule has 1 aromatic heterocycles. The zero-order valence-corrected chi connectivity index (χ0v) is 20.7. The Labute approximate surface area is 210 Å². The number of nitrogens with zero attached hydrogens (tertiary/aromatic N) is 2. The molecule has 0 amide bonds. The lowest BCUT2D eigenvalue weighted by Crippen LogP contribution is -2.38. The highest BCUT2D eigenvalue weighted by molar-refractivity contribution is 5.79. The molecule has 10 heteroatoms. The lowest BCUT2D eigenvalue weighted by atomic mass is 10.1. The smallest absolute Gasteiger partial charge is 0.328 e. The summed E-state index contributed by atoms with van der Waals surface area (Å²) >= 11 is 0. The zero-order valence-electron chi connectivity index (χ0n) is 20.7. The second-order valence-electron chi connectivity index (χ2n) is 7.89. The third kappa shape index (κ3) is 8.10. The standard InChI is InChI=1S/C15H15N3O3.C11H16N2O2/c1-20-13-4-3-10(7-14(13)21-2)12-5-6-17-15(18-12)8-11(16)9-19;1-7(2)10(13)11(14)15-9-5-3-8(12)4-6-9/h3-9H,16H2,1-2H3;3-7,10H,12-13H2,1-2H3/b11-8-;. The minimum atomic E-state index is -0.595. The summed E-state index contributed by atoms with van der Waals surface area (Å²) in [6.07, 6.45) is 3.56. The van der Waals surface area contributed by atoms with E-state index in [9.17, 15) is 9.59 Å². The van der Waals surface area contributed by atoms with E-state index >= 15 is 0 Å². The van der Waals surface area contributed by atoms with Crippen molar-refractivity contribution in [2.45, 2.75) is 19.9 Å². The summed E-state index contributed by atoms with van der Waals surface area (Å²) in [4.78, 5) is 30.4. The van der Waals surface area contributed by atoms with E-state index in [0.717, 1.165) is 5.56 Å². The Morgan fingerprint density at radius 3 is 2.25 bits per heavy atom. The lowest BCUT2D eigenvalue weighted by molar-refractivity contribution is -0.136. The number of carbonyl (C=O) groups excluding carboxylic acids is 2. The van der Waals surface area contributed by atoms with E-state index < -0.39 is 12.0 Å². The van der Waals surface area contributed by atoms with Crippen LogP contribution in [0.4, 0.5) is 5.69 Å². The number of hydrogen-bond acceptors (Lipinski definition) is 10. The summed E-state index contributed by atoms with van der Waals surface area (Å²) in [5, 5.41) is 0. The van der Waals surface area contributed by atoms with Crippen molar-refractivity contribution in [2.75, 3.05) is 20.0 Å². The van der Waals surface area contributed by atoms with Gasteiger partial charge < -0.3 is 31.4 Å². The molecule has 0 fully saturated rings. The van der Waals surface area contributed by atoms with Crippen molar-refractivity contribution >= 4 is 24.0 Å². The number of anilines is 1. The molecule has 3 aromatic rings. The molecule has 6 N–H and O–H groups in total. The number of nitrogens with two attached hydrogens (primary N) is 3. The molecule has 1 atom stereocenters. The molecule has 0 saturated carbocycles. The Morgan fingerprint density at radius 2 is 1.67 bits per heavy atom. The fourth-order valence-electron chi connectivity index (χ4n) is 2.77. The summed E-state index contributed by atoms with van der Waals surface area (Å²) in [5.74, 6) is 1.72. The lowest BCUT2D eigenvalue weighted by Gasteiger charge is -2.14. The van der Waals surface area contributed by atoms with Crippen LogP contribution in [0, 0.1) is 5.92 Å². The van der Waals surface area contributed by atoms with Crippen LogP contribution in [-0.2, 0) is 9.59 Å². The number of allylic oxidation sites excluding steroid dienone is 1. The molecule has 0 saturated heterocycles. The number of aromatic nitrogens is 2. The Bertz CT molecular complexity index is 1200. The molecule has 0 bridgehead atoms. The second kappa shape index (κ2) is 13.4. The van der Waals surface area contributed by atoms with Crippen LogP contribution in [0.15, 0.2) is 60.4 Å². The molecule has 10 nitrogen and oxygen atoms in total. The van der Waals surface area contributed by atoms with E-state index in [-0.39, 0.29) is 11.6 Å². The maximum atomic E-state index is 11.5. The molecule has 2 aromatic carbocycles. The van der Waals surface area contributed by atoms with Crippen LogP contribution in [0.25, 0.3) is 17.3 Å². The summed E-state index contributed by atoms with van der Waals surface area (Å²) < 4.78 is 15.5. The zero-order chi connectivity index (χ0) is 26.7. The number of aldehydes is 1. The van der Waals surface area contributed by atoms with Crippen molar-refractivity contribution in [3.05, 3.63) is 66.2 Å². The van der Waals surface area contributed by atoms with Gasteiger partial charge in [-0.25, -0.2) is 14.8 Å². The van der Waals surface area contributed by atoms with Gasteiger partial charge in [0.1, 0.15) is 11.8 Å². The fraction of sp³-hybridized carbons (Fsp3) is 0.231. The van der Waals surface area contributed by atoms with Gasteiger partial charge >= 0.3 is 5.97 Å². The SMILES string of the molecule is CC(C)C(N)C(=O)Oc1ccc(N)cc1.COc1ccc(-c2ccnc(/C=C(\N)C=O)n2)cc1OC. The van der Waals surface area contributed by atoms with Crippen LogP contribution in [-0.4, -0.2) is 42.5 Å². The molecule has 3 rings (SSSR count). The quantitative estimate of drug-likeness (QED) is 0.140. The normalized spacial score (nSPS) is 11.7. The highest BCUT2D eigenvalue weighted by atomic mass is 16.5. The number of hydrogen-bond donors (Lipinski definition) is 3. The van der Waals surface area contributed by atoms with E-state index in [2.05, 4.69) is 9.97 Å². The maximum absolute atomic E-state index is 11.5. The average molecular weight is 494 g/mol. The van der Waals surface area contributed by atoms with Crippen LogP contribution >= 0.6 is 0 Å². The van der Waals surface area contributed by atoms with Gasteiger partial charge in [0.15, 0.2) is 23.6 Å². The molecule has 1 heterocycles. The van der Waals surface area contributed by atoms with Gasteiger partial charge in [0, 0.05) is 23.5 Å². The van der Waals surface area contributed by atoms with Crippen LogP contribution in [0.5, 0.6) is 17.2 Å². The Hall–Kier alpha value is -4.44. The van der Waals surface area contributed by atoms with Crippen molar-refractivity contribution in [1.29, 1.82) is 0 Å². The van der Waals surface area contributed by atoms with Gasteiger partial charge in [-0.15, -0.1) is 0 Å². The van der Waals surface area contributed by atoms with E-state index in [4.69, 9.17) is 31.4 Å². The number of benzene rings is 2. The van der Waals surface area contributed by atoms with Crippen LogP contribution < -0.4 is 31.4 Å². The van der Waals surface area contributed by atoms with Gasteiger partial charge in [0.2, 0.25) is 0 Å². The first-order valence-electron chi connectivity index (χ1n) is 11.0. The van der Waals surface area contributed by atoms with Crippen molar-refractivity contribution in [3.63, 3.8) is 0 Å². The Balaban J connectivity index is 0.000000269. The molecule has 0 radical (unpaired) electrons. The fourth-order valence-corrected chi connectivity index (χ4v) is 2.77. The molecule has 1 unspecified atom stereocenters. The molecule has 190 valence electrons. The Kier molecular flexibility index (Phi) is 10.4. The molecule has 36 heavy (non-hydrogen) atoms. The summed E-state index contributed by atoms with van der Waals surface area (Å²) in [5.41, 5.74) is 18.8. The second-order valence-corrected chi connectivity index (χ2v) is 7.89. The van der Waals surface area contributed by atoms with Crippen LogP contribution in [0.2, 0.25) is 0 Å². The number of ether oxygens (including phenoxy) is 3. The van der Waals surface area contributed by atoms with Gasteiger partial charge in [-0.3, -0.25) is 4.79 Å². The van der Waals surface area contributed by atoms with Gasteiger partial charge in [-0.1, -0.05) is 13.8 Å². The first-order valence-corrected chi connectivity index (χ1v) is 11.0. The number of esters is 1. The van der Waals surface area contributed by atoms with Gasteiger partial charge in [0.25, 0.3) is 0 Å². The van der Waals surface area contributed by atoms with E-state index in [1.54, 1.807) is 56.8 Å². The molecular weight excluding hydrogens is 462 g/mol. The van der Waals surface area contributed by atoms with Crippen molar-refractivity contribution in [3.8, 4) is 28.5 Å². The highest BCUT2D eigenvalue weighted by Crippen LogP contribution is 2.31. The summed E-state index contributed by atoms with van der Waals surface area (Å²) in [7, 11) is 3.15. The average Bonchev–Trinajstić information content (AvgIpc) is 2.89. The minimum absolute atomic E-state index is 0.0614. The maximum Gasteiger partial charge on any atom is 0.328 e. The van der Waals surface area contributed by atoms with Gasteiger partial charge in [-0.05, 0) is 54.4 Å². The third-order valence-corrected chi connectivity index (χ3v) is 4.87. The van der Waals surface area contributed by atoms with Crippen molar-refractivity contribution in [2.24, 2.45) is 17.4 Å². The number of rotatable bonds is 8. The first-order chi connectivity index (χ1) is 17.2.